The third kappa shape index (κ3) is 2.98. The molecular formula is C22H22NO2P. The SMILES string of the molecule is CCOP1(=O)Cc2ccccc2N(c2ccccc2)C1c1ccccc1. The van der Waals surface area contributed by atoms with Gasteiger partial charge in [0.15, 0.2) is 0 Å². The molecule has 3 nitrogen and oxygen atoms in total. The largest absolute Gasteiger partial charge is 0.327 e. The van der Waals surface area contributed by atoms with Crippen LogP contribution in [0.1, 0.15) is 23.8 Å². The van der Waals surface area contributed by atoms with Gasteiger partial charge in [0.25, 0.3) is 0 Å². The van der Waals surface area contributed by atoms with E-state index in [9.17, 15) is 4.57 Å². The highest BCUT2D eigenvalue weighted by Crippen LogP contribution is 2.69. The summed E-state index contributed by atoms with van der Waals surface area (Å²) in [7, 11) is -2.97. The molecule has 3 aromatic rings. The Morgan fingerprint density at radius 2 is 1.54 bits per heavy atom. The lowest BCUT2D eigenvalue weighted by Crippen LogP contribution is -2.29. The first kappa shape index (κ1) is 17.1. The lowest BCUT2D eigenvalue weighted by Gasteiger charge is -2.43. The molecule has 1 aliphatic rings. The van der Waals surface area contributed by atoms with Crippen molar-refractivity contribution in [2.45, 2.75) is 18.9 Å². The van der Waals surface area contributed by atoms with Crippen LogP contribution >= 0.6 is 7.37 Å². The van der Waals surface area contributed by atoms with E-state index in [1.54, 1.807) is 0 Å². The Morgan fingerprint density at radius 1 is 0.923 bits per heavy atom. The molecule has 1 heterocycles. The Morgan fingerprint density at radius 3 is 2.23 bits per heavy atom. The van der Waals surface area contributed by atoms with E-state index in [0.717, 1.165) is 22.5 Å². The second-order valence-corrected chi connectivity index (χ2v) is 8.94. The van der Waals surface area contributed by atoms with Crippen molar-refractivity contribution in [1.29, 1.82) is 0 Å². The third-order valence-corrected chi connectivity index (χ3v) is 7.49. The molecular weight excluding hydrogens is 341 g/mol. The molecule has 0 saturated heterocycles. The molecule has 0 amide bonds. The summed E-state index contributed by atoms with van der Waals surface area (Å²) in [6.45, 7) is 2.35. The Kier molecular flexibility index (Phi) is 4.67. The molecule has 4 rings (SSSR count). The average Bonchev–Trinajstić information content (AvgIpc) is 2.68. The zero-order valence-electron chi connectivity index (χ0n) is 14.8. The van der Waals surface area contributed by atoms with Crippen LogP contribution in [-0.2, 0) is 15.3 Å². The van der Waals surface area contributed by atoms with Crippen molar-refractivity contribution in [1.82, 2.24) is 0 Å². The quantitative estimate of drug-likeness (QED) is 0.506. The molecule has 132 valence electrons. The van der Waals surface area contributed by atoms with Crippen LogP contribution in [0.25, 0.3) is 0 Å². The van der Waals surface area contributed by atoms with Gasteiger partial charge in [-0.1, -0.05) is 66.7 Å². The van der Waals surface area contributed by atoms with E-state index in [4.69, 9.17) is 4.52 Å². The van der Waals surface area contributed by atoms with Gasteiger partial charge in [0.2, 0.25) is 7.37 Å². The van der Waals surface area contributed by atoms with Gasteiger partial charge in [0.1, 0.15) is 5.78 Å². The Bertz CT molecular complexity index is 927. The first-order chi connectivity index (χ1) is 12.7. The van der Waals surface area contributed by atoms with Crippen molar-refractivity contribution in [3.63, 3.8) is 0 Å². The van der Waals surface area contributed by atoms with Crippen LogP contribution in [0.4, 0.5) is 11.4 Å². The molecule has 1 aliphatic heterocycles. The molecule has 0 aromatic heterocycles. The van der Waals surface area contributed by atoms with Crippen molar-refractivity contribution in [3.8, 4) is 0 Å². The number of hydrogen-bond acceptors (Lipinski definition) is 3. The number of anilines is 2. The van der Waals surface area contributed by atoms with Crippen molar-refractivity contribution in [2.24, 2.45) is 0 Å². The molecule has 3 aromatic carbocycles. The number of hydrogen-bond donors (Lipinski definition) is 0. The van der Waals surface area contributed by atoms with Crippen molar-refractivity contribution >= 4 is 18.7 Å². The summed E-state index contributed by atoms with van der Waals surface area (Å²) in [6, 6.07) is 28.4. The topological polar surface area (TPSA) is 29.5 Å². The summed E-state index contributed by atoms with van der Waals surface area (Å²) in [5.41, 5.74) is 4.20. The maximum atomic E-state index is 14.0. The Labute approximate surface area is 154 Å². The van der Waals surface area contributed by atoms with Gasteiger partial charge in [-0.15, -0.1) is 0 Å². The van der Waals surface area contributed by atoms with Crippen molar-refractivity contribution in [3.05, 3.63) is 96.1 Å². The Hall–Kier alpha value is -2.35. The molecule has 2 unspecified atom stereocenters. The van der Waals surface area contributed by atoms with Crippen molar-refractivity contribution in [2.75, 3.05) is 11.5 Å². The maximum Gasteiger partial charge on any atom is 0.233 e. The van der Waals surface area contributed by atoms with Crippen LogP contribution in [-0.4, -0.2) is 6.61 Å². The minimum absolute atomic E-state index is 0.332. The molecule has 0 spiro atoms. The van der Waals surface area contributed by atoms with E-state index in [-0.39, 0.29) is 5.78 Å². The molecule has 0 N–H and O–H groups in total. The number of para-hydroxylation sites is 2. The molecule has 26 heavy (non-hydrogen) atoms. The number of rotatable bonds is 4. The summed E-state index contributed by atoms with van der Waals surface area (Å²) in [5.74, 6) is -0.332. The third-order valence-electron chi connectivity index (χ3n) is 4.74. The molecule has 2 atom stereocenters. The molecule has 0 fully saturated rings. The molecule has 0 radical (unpaired) electrons. The Balaban J connectivity index is 1.97. The van der Waals surface area contributed by atoms with E-state index in [1.165, 1.54) is 0 Å². The molecule has 0 aliphatic carbocycles. The van der Waals surface area contributed by atoms with Gasteiger partial charge in [0, 0.05) is 11.4 Å². The van der Waals surface area contributed by atoms with E-state index in [1.807, 2.05) is 67.6 Å². The zero-order valence-corrected chi connectivity index (χ0v) is 15.7. The van der Waals surface area contributed by atoms with E-state index >= 15 is 0 Å². The van der Waals surface area contributed by atoms with Gasteiger partial charge < -0.3 is 9.42 Å². The number of nitrogens with zero attached hydrogens (tertiary/aromatic N) is 1. The summed E-state index contributed by atoms with van der Waals surface area (Å²) in [4.78, 5) is 2.19. The van der Waals surface area contributed by atoms with Crippen LogP contribution in [0.15, 0.2) is 84.9 Å². The second-order valence-electron chi connectivity index (χ2n) is 6.42. The lowest BCUT2D eigenvalue weighted by molar-refractivity contribution is 0.323. The average molecular weight is 363 g/mol. The first-order valence-corrected chi connectivity index (χ1v) is 10.8. The molecule has 0 bridgehead atoms. The number of fused-ring (bicyclic) bond motifs is 1. The van der Waals surface area contributed by atoms with Crippen LogP contribution in [0.5, 0.6) is 0 Å². The fourth-order valence-electron chi connectivity index (χ4n) is 3.72. The summed E-state index contributed by atoms with van der Waals surface area (Å²) >= 11 is 0. The maximum absolute atomic E-state index is 14.0. The van der Waals surface area contributed by atoms with Crippen molar-refractivity contribution < 1.29 is 9.09 Å². The smallest absolute Gasteiger partial charge is 0.233 e. The van der Waals surface area contributed by atoms with Gasteiger partial charge in [-0.3, -0.25) is 4.57 Å². The fourth-order valence-corrected chi connectivity index (χ4v) is 6.54. The zero-order chi connectivity index (χ0) is 18.0. The highest BCUT2D eigenvalue weighted by molar-refractivity contribution is 7.58. The molecule has 4 heteroatoms. The van der Waals surface area contributed by atoms with Gasteiger partial charge in [-0.05, 0) is 36.2 Å². The lowest BCUT2D eigenvalue weighted by atomic mass is 10.1. The monoisotopic (exact) mass is 363 g/mol. The second kappa shape index (κ2) is 7.11. The highest BCUT2D eigenvalue weighted by atomic mass is 31.2. The predicted octanol–water partition coefficient (Wildman–Crippen LogP) is 6.35. The minimum atomic E-state index is -2.97. The van der Waals surface area contributed by atoms with Gasteiger partial charge in [0.05, 0.1) is 12.8 Å². The van der Waals surface area contributed by atoms with E-state index in [0.29, 0.717) is 12.8 Å². The summed E-state index contributed by atoms with van der Waals surface area (Å²) in [6.07, 6.45) is 0.458. The van der Waals surface area contributed by atoms with Crippen LogP contribution < -0.4 is 4.90 Å². The summed E-state index contributed by atoms with van der Waals surface area (Å²) < 4.78 is 20.0. The standard InChI is InChI=1S/C22H22NO2P/c1-2-25-26(24)17-19-13-9-10-16-21(19)23(20-14-7-4-8-15-20)22(26)18-11-5-3-6-12-18/h3-16,22H,2,17H2,1H3. The molecule has 0 saturated carbocycles. The van der Waals surface area contributed by atoms with Crippen LogP contribution in [0.2, 0.25) is 0 Å². The van der Waals surface area contributed by atoms with Gasteiger partial charge >= 0.3 is 0 Å². The fraction of sp³-hybridized carbons (Fsp3) is 0.182. The van der Waals surface area contributed by atoms with E-state index < -0.39 is 7.37 Å². The van der Waals surface area contributed by atoms with Gasteiger partial charge in [-0.2, -0.15) is 0 Å². The minimum Gasteiger partial charge on any atom is -0.327 e. The normalized spacial score (nSPS) is 22.0. The van der Waals surface area contributed by atoms with E-state index in [2.05, 4.69) is 29.2 Å². The first-order valence-electron chi connectivity index (χ1n) is 8.93. The van der Waals surface area contributed by atoms with Crippen LogP contribution in [0, 0.1) is 0 Å². The van der Waals surface area contributed by atoms with Gasteiger partial charge in [-0.25, -0.2) is 0 Å². The predicted molar refractivity (Wildman–Crippen MR) is 107 cm³/mol. The summed E-state index contributed by atoms with van der Waals surface area (Å²) in [5, 5.41) is 0. The van der Waals surface area contributed by atoms with Crippen LogP contribution in [0.3, 0.4) is 0 Å². The highest BCUT2D eigenvalue weighted by Gasteiger charge is 2.45. The number of benzene rings is 3.